The lowest BCUT2D eigenvalue weighted by atomic mass is 10.1. The van der Waals surface area contributed by atoms with E-state index in [1.165, 1.54) is 37.5 Å². The second-order valence-corrected chi connectivity index (χ2v) is 9.20. The van der Waals surface area contributed by atoms with E-state index >= 15 is 0 Å². The van der Waals surface area contributed by atoms with Gasteiger partial charge in [0.05, 0.1) is 0 Å². The van der Waals surface area contributed by atoms with Crippen molar-refractivity contribution >= 4 is 44.9 Å². The molecule has 3 amide bonds. The molecule has 0 saturated carbocycles. The number of amides is 3. The number of benzene rings is 3. The lowest BCUT2D eigenvalue weighted by Crippen LogP contribution is -2.39. The van der Waals surface area contributed by atoms with Gasteiger partial charge in [-0.1, -0.05) is 40.5 Å². The molecule has 0 aliphatic carbocycles. The van der Waals surface area contributed by atoms with E-state index in [0.29, 0.717) is 11.4 Å². The highest BCUT2D eigenvalue weighted by Crippen LogP contribution is 2.22. The summed E-state index contributed by atoms with van der Waals surface area (Å²) in [5.41, 5.74) is 5.44. The third-order valence-electron chi connectivity index (χ3n) is 5.65. The normalized spacial score (nSPS) is 14.6. The summed E-state index contributed by atoms with van der Waals surface area (Å²) in [7, 11) is 0. The number of carbonyl (C=O) groups is 2. The number of nitrogens with one attached hydrogen (secondary N) is 4. The number of rotatable bonds is 7. The van der Waals surface area contributed by atoms with Crippen LogP contribution in [0.4, 0.5) is 26.2 Å². The number of hydrogen-bond acceptors (Lipinski definition) is 4. The number of anilines is 3. The standard InChI is InChI=1S/C26H27BrFN5O2/c27-18-8-10-20(11-9-18)30-26(35)31-24(22-6-2-3-7-23(22)28)25(34)29-19-12-14-21(15-13-19)32-33-16-4-1-5-17-33/h2-3,6-15,24,32H,1,4-5,16-17H2,(H,29,34)(H2,30,31,35). The van der Waals surface area contributed by atoms with E-state index in [9.17, 15) is 14.0 Å². The third-order valence-corrected chi connectivity index (χ3v) is 6.18. The van der Waals surface area contributed by atoms with Gasteiger partial charge in [0.25, 0.3) is 5.91 Å². The summed E-state index contributed by atoms with van der Waals surface area (Å²) in [6.07, 6.45) is 3.59. The molecule has 9 heteroatoms. The summed E-state index contributed by atoms with van der Waals surface area (Å²) in [4.78, 5) is 25.8. The second-order valence-electron chi connectivity index (χ2n) is 8.29. The number of halogens is 2. The SMILES string of the molecule is O=C(Nc1ccc(Br)cc1)NC(C(=O)Nc1ccc(NN2CCCCC2)cc1)c1ccccc1F. The molecule has 182 valence electrons. The monoisotopic (exact) mass is 539 g/mol. The van der Waals surface area contributed by atoms with E-state index in [1.54, 1.807) is 42.5 Å². The zero-order valence-electron chi connectivity index (χ0n) is 19.1. The summed E-state index contributed by atoms with van der Waals surface area (Å²) < 4.78 is 15.4. The molecule has 7 nitrogen and oxygen atoms in total. The quantitative estimate of drug-likeness (QED) is 0.301. The topological polar surface area (TPSA) is 85.5 Å². The Morgan fingerprint density at radius 1 is 0.800 bits per heavy atom. The van der Waals surface area contributed by atoms with Crippen LogP contribution in [-0.2, 0) is 4.79 Å². The fraction of sp³-hybridized carbons (Fsp3) is 0.231. The molecule has 0 radical (unpaired) electrons. The largest absolute Gasteiger partial charge is 0.324 e. The zero-order chi connectivity index (χ0) is 24.6. The van der Waals surface area contributed by atoms with E-state index in [1.807, 2.05) is 12.1 Å². The Bertz CT molecular complexity index is 1150. The fourth-order valence-electron chi connectivity index (χ4n) is 3.86. The van der Waals surface area contributed by atoms with Gasteiger partial charge in [-0.25, -0.2) is 14.2 Å². The molecule has 35 heavy (non-hydrogen) atoms. The molecule has 1 unspecified atom stereocenters. The van der Waals surface area contributed by atoms with E-state index in [0.717, 1.165) is 23.2 Å². The maximum absolute atomic E-state index is 14.6. The smallest absolute Gasteiger partial charge is 0.320 e. The summed E-state index contributed by atoms with van der Waals surface area (Å²) >= 11 is 3.34. The van der Waals surface area contributed by atoms with Gasteiger partial charge in [0.15, 0.2) is 0 Å². The highest BCUT2D eigenvalue weighted by atomic mass is 79.9. The van der Waals surface area contributed by atoms with Gasteiger partial charge in [-0.05, 0) is 67.4 Å². The Hall–Kier alpha value is -3.43. The minimum Gasteiger partial charge on any atom is -0.324 e. The minimum atomic E-state index is -1.24. The Morgan fingerprint density at radius 2 is 1.40 bits per heavy atom. The van der Waals surface area contributed by atoms with Crippen molar-refractivity contribution in [3.63, 3.8) is 0 Å². The molecule has 3 aromatic rings. The van der Waals surface area contributed by atoms with Crippen LogP contribution in [0.5, 0.6) is 0 Å². The summed E-state index contributed by atoms with van der Waals surface area (Å²) in [6.45, 7) is 1.99. The molecule has 1 saturated heterocycles. The minimum absolute atomic E-state index is 0.0688. The van der Waals surface area contributed by atoms with Crippen LogP contribution in [0.3, 0.4) is 0 Å². The highest BCUT2D eigenvalue weighted by molar-refractivity contribution is 9.10. The van der Waals surface area contributed by atoms with Gasteiger partial charge in [-0.3, -0.25) is 4.79 Å². The van der Waals surface area contributed by atoms with Crippen LogP contribution in [0.15, 0.2) is 77.3 Å². The molecule has 0 aromatic heterocycles. The summed E-state index contributed by atoms with van der Waals surface area (Å²) in [6, 6.07) is 18.3. The van der Waals surface area contributed by atoms with Crippen LogP contribution in [0.1, 0.15) is 30.9 Å². The van der Waals surface area contributed by atoms with E-state index in [4.69, 9.17) is 0 Å². The van der Waals surface area contributed by atoms with Crippen LogP contribution in [0, 0.1) is 5.82 Å². The maximum atomic E-state index is 14.6. The molecule has 1 aliphatic rings. The number of hydrogen-bond donors (Lipinski definition) is 4. The first-order chi connectivity index (χ1) is 17.0. The van der Waals surface area contributed by atoms with Gasteiger partial charge >= 0.3 is 6.03 Å². The first kappa shape index (κ1) is 24.7. The van der Waals surface area contributed by atoms with Crippen LogP contribution < -0.4 is 21.4 Å². The van der Waals surface area contributed by atoms with Crippen molar-refractivity contribution in [2.75, 3.05) is 29.1 Å². The summed E-state index contributed by atoms with van der Waals surface area (Å²) in [5.74, 6) is -1.14. The van der Waals surface area contributed by atoms with Crippen molar-refractivity contribution in [2.45, 2.75) is 25.3 Å². The van der Waals surface area contributed by atoms with Gasteiger partial charge in [0.1, 0.15) is 11.9 Å². The zero-order valence-corrected chi connectivity index (χ0v) is 20.6. The number of piperidine rings is 1. The van der Waals surface area contributed by atoms with Crippen molar-refractivity contribution in [1.82, 2.24) is 10.3 Å². The number of nitrogens with zero attached hydrogens (tertiary/aromatic N) is 1. The third kappa shape index (κ3) is 7.03. The van der Waals surface area contributed by atoms with Crippen LogP contribution in [-0.4, -0.2) is 30.0 Å². The van der Waals surface area contributed by atoms with E-state index in [2.05, 4.69) is 42.3 Å². The van der Waals surface area contributed by atoms with Crippen molar-refractivity contribution < 1.29 is 14.0 Å². The van der Waals surface area contributed by atoms with Crippen molar-refractivity contribution in [3.05, 3.63) is 88.6 Å². The average molecular weight is 540 g/mol. The predicted molar refractivity (Wildman–Crippen MR) is 140 cm³/mol. The van der Waals surface area contributed by atoms with Gasteiger partial charge < -0.3 is 21.4 Å². The molecule has 0 spiro atoms. The highest BCUT2D eigenvalue weighted by Gasteiger charge is 2.26. The Balaban J connectivity index is 1.44. The predicted octanol–water partition coefficient (Wildman–Crippen LogP) is 5.90. The van der Waals surface area contributed by atoms with Gasteiger partial charge in [-0.2, -0.15) is 0 Å². The lowest BCUT2D eigenvalue weighted by Gasteiger charge is -2.28. The molecular weight excluding hydrogens is 513 g/mol. The van der Waals surface area contributed by atoms with Gasteiger partial charge in [0, 0.05) is 40.2 Å². The Labute approximate surface area is 212 Å². The van der Waals surface area contributed by atoms with Crippen molar-refractivity contribution in [1.29, 1.82) is 0 Å². The average Bonchev–Trinajstić information content (AvgIpc) is 2.86. The molecule has 4 rings (SSSR count). The molecule has 1 atom stereocenters. The number of hydrazine groups is 1. The van der Waals surface area contributed by atoms with Crippen molar-refractivity contribution in [2.24, 2.45) is 0 Å². The molecule has 4 N–H and O–H groups in total. The Morgan fingerprint density at radius 3 is 2.09 bits per heavy atom. The molecule has 1 heterocycles. The van der Waals surface area contributed by atoms with Gasteiger partial charge in [0.2, 0.25) is 0 Å². The first-order valence-electron chi connectivity index (χ1n) is 11.5. The second kappa shape index (κ2) is 11.8. The molecule has 1 fully saturated rings. The fourth-order valence-corrected chi connectivity index (χ4v) is 4.12. The lowest BCUT2D eigenvalue weighted by molar-refractivity contribution is -0.118. The Kier molecular flexibility index (Phi) is 8.33. The molecule has 1 aliphatic heterocycles. The van der Waals surface area contributed by atoms with Crippen LogP contribution >= 0.6 is 15.9 Å². The number of carbonyl (C=O) groups excluding carboxylic acids is 2. The molecule has 3 aromatic carbocycles. The van der Waals surface area contributed by atoms with Crippen molar-refractivity contribution in [3.8, 4) is 0 Å². The van der Waals surface area contributed by atoms with E-state index < -0.39 is 23.8 Å². The first-order valence-corrected chi connectivity index (χ1v) is 12.3. The molecule has 0 bridgehead atoms. The number of urea groups is 1. The van der Waals surface area contributed by atoms with Gasteiger partial charge in [-0.15, -0.1) is 0 Å². The maximum Gasteiger partial charge on any atom is 0.320 e. The van der Waals surface area contributed by atoms with E-state index in [-0.39, 0.29) is 5.56 Å². The van der Waals surface area contributed by atoms with Crippen LogP contribution in [0.25, 0.3) is 0 Å². The summed E-state index contributed by atoms with van der Waals surface area (Å²) in [5, 5.41) is 10.2. The van der Waals surface area contributed by atoms with Crippen LogP contribution in [0.2, 0.25) is 0 Å². The molecular formula is C26H27BrFN5O2.